The third-order valence-electron chi connectivity index (χ3n) is 5.11. The standard InChI is InChI=1S/C18H21N3O2/c1-11-12(2)21(10-19-11)14-5-3-13(4-6-14)20-18(22)16-9-15-7-8-17(16)23-15/h3-6,10,15-17H,7-9H2,1-2H3,(H,20,22). The van der Waals surface area contributed by atoms with Gasteiger partial charge in [0.15, 0.2) is 0 Å². The Bertz CT molecular complexity index is 735. The largest absolute Gasteiger partial charge is 0.374 e. The van der Waals surface area contributed by atoms with Crippen molar-refractivity contribution in [1.82, 2.24) is 9.55 Å². The molecule has 2 saturated heterocycles. The van der Waals surface area contributed by atoms with Crippen molar-refractivity contribution >= 4 is 11.6 Å². The molecule has 120 valence electrons. The maximum absolute atomic E-state index is 12.4. The van der Waals surface area contributed by atoms with Crippen LogP contribution in [0.2, 0.25) is 0 Å². The lowest BCUT2D eigenvalue weighted by Crippen LogP contribution is -2.30. The number of aryl methyl sites for hydroxylation is 1. The Morgan fingerprint density at radius 2 is 2.04 bits per heavy atom. The predicted octanol–water partition coefficient (Wildman–Crippen LogP) is 3.00. The van der Waals surface area contributed by atoms with E-state index in [1.165, 1.54) is 0 Å². The van der Waals surface area contributed by atoms with Gasteiger partial charge in [0.2, 0.25) is 5.91 Å². The first kappa shape index (κ1) is 14.5. The first-order valence-electron chi connectivity index (χ1n) is 8.19. The van der Waals surface area contributed by atoms with Gasteiger partial charge in [-0.1, -0.05) is 0 Å². The number of hydrogen-bond acceptors (Lipinski definition) is 3. The molecular formula is C18H21N3O2. The number of amides is 1. The first-order chi connectivity index (χ1) is 11.1. The lowest BCUT2D eigenvalue weighted by Gasteiger charge is -2.18. The molecule has 2 aliphatic heterocycles. The normalized spacial score (nSPS) is 25.7. The molecule has 0 aliphatic carbocycles. The number of fused-ring (bicyclic) bond motifs is 2. The Balaban J connectivity index is 1.46. The van der Waals surface area contributed by atoms with E-state index in [-0.39, 0.29) is 17.9 Å². The number of aromatic nitrogens is 2. The van der Waals surface area contributed by atoms with E-state index >= 15 is 0 Å². The van der Waals surface area contributed by atoms with Crippen LogP contribution in [-0.4, -0.2) is 27.7 Å². The summed E-state index contributed by atoms with van der Waals surface area (Å²) < 4.78 is 7.81. The molecule has 23 heavy (non-hydrogen) atoms. The van der Waals surface area contributed by atoms with E-state index in [1.807, 2.05) is 49.0 Å². The summed E-state index contributed by atoms with van der Waals surface area (Å²) in [6.45, 7) is 4.05. The van der Waals surface area contributed by atoms with Gasteiger partial charge in [-0.15, -0.1) is 0 Å². The van der Waals surface area contributed by atoms with Crippen molar-refractivity contribution in [3.8, 4) is 5.69 Å². The molecule has 2 bridgehead atoms. The van der Waals surface area contributed by atoms with E-state index < -0.39 is 0 Å². The van der Waals surface area contributed by atoms with Crippen molar-refractivity contribution in [2.24, 2.45) is 5.92 Å². The number of ether oxygens (including phenoxy) is 1. The van der Waals surface area contributed by atoms with E-state index in [1.54, 1.807) is 0 Å². The highest BCUT2D eigenvalue weighted by Gasteiger charge is 2.44. The van der Waals surface area contributed by atoms with Gasteiger partial charge in [0.1, 0.15) is 0 Å². The number of rotatable bonds is 3. The zero-order valence-corrected chi connectivity index (χ0v) is 13.5. The molecular weight excluding hydrogens is 290 g/mol. The van der Waals surface area contributed by atoms with E-state index in [9.17, 15) is 4.79 Å². The van der Waals surface area contributed by atoms with Crippen molar-refractivity contribution in [3.05, 3.63) is 42.0 Å². The van der Waals surface area contributed by atoms with E-state index in [0.717, 1.165) is 42.0 Å². The van der Waals surface area contributed by atoms with E-state index in [0.29, 0.717) is 6.10 Å². The Hall–Kier alpha value is -2.14. The molecule has 2 fully saturated rings. The second kappa shape index (κ2) is 5.49. The molecule has 0 spiro atoms. The molecule has 1 aromatic heterocycles. The van der Waals surface area contributed by atoms with Crippen LogP contribution < -0.4 is 5.32 Å². The average molecular weight is 311 g/mol. The van der Waals surface area contributed by atoms with Gasteiger partial charge in [-0.25, -0.2) is 4.98 Å². The number of carbonyl (C=O) groups is 1. The summed E-state index contributed by atoms with van der Waals surface area (Å²) in [6.07, 6.45) is 5.22. The van der Waals surface area contributed by atoms with Crippen molar-refractivity contribution in [3.63, 3.8) is 0 Å². The van der Waals surface area contributed by atoms with Crippen molar-refractivity contribution in [2.75, 3.05) is 5.32 Å². The van der Waals surface area contributed by atoms with Gasteiger partial charge >= 0.3 is 0 Å². The topological polar surface area (TPSA) is 56.2 Å². The van der Waals surface area contributed by atoms with Crippen molar-refractivity contribution in [2.45, 2.75) is 45.3 Å². The van der Waals surface area contributed by atoms with E-state index in [4.69, 9.17) is 4.74 Å². The minimum atomic E-state index is 0.00645. The highest BCUT2D eigenvalue weighted by Crippen LogP contribution is 2.39. The number of hydrogen-bond donors (Lipinski definition) is 1. The average Bonchev–Trinajstić information content (AvgIpc) is 3.26. The summed E-state index contributed by atoms with van der Waals surface area (Å²) in [7, 11) is 0. The Labute approximate surface area is 135 Å². The van der Waals surface area contributed by atoms with Crippen LogP contribution in [0.15, 0.2) is 30.6 Å². The van der Waals surface area contributed by atoms with Gasteiger partial charge in [0, 0.05) is 17.1 Å². The molecule has 0 saturated carbocycles. The molecule has 2 aliphatic rings. The number of nitrogens with zero attached hydrogens (tertiary/aromatic N) is 2. The third-order valence-corrected chi connectivity index (χ3v) is 5.11. The first-order valence-corrected chi connectivity index (χ1v) is 8.19. The van der Waals surface area contributed by atoms with Gasteiger partial charge in [0.25, 0.3) is 0 Å². The minimum Gasteiger partial charge on any atom is -0.374 e. The van der Waals surface area contributed by atoms with Crippen LogP contribution in [0.4, 0.5) is 5.69 Å². The molecule has 1 amide bonds. The molecule has 1 N–H and O–H groups in total. The fraction of sp³-hybridized carbons (Fsp3) is 0.444. The maximum atomic E-state index is 12.4. The minimum absolute atomic E-state index is 0.00645. The molecule has 3 unspecified atom stereocenters. The van der Waals surface area contributed by atoms with Crippen LogP contribution in [0.3, 0.4) is 0 Å². The molecule has 5 nitrogen and oxygen atoms in total. The SMILES string of the molecule is Cc1ncn(-c2ccc(NC(=O)C3CC4CCC3O4)cc2)c1C. The van der Waals surface area contributed by atoms with Crippen LogP contribution in [-0.2, 0) is 9.53 Å². The number of imidazole rings is 1. The summed E-state index contributed by atoms with van der Waals surface area (Å²) in [6, 6.07) is 7.88. The highest BCUT2D eigenvalue weighted by molar-refractivity contribution is 5.93. The summed E-state index contributed by atoms with van der Waals surface area (Å²) >= 11 is 0. The van der Waals surface area contributed by atoms with Gasteiger partial charge < -0.3 is 14.6 Å². The van der Waals surface area contributed by atoms with Crippen LogP contribution >= 0.6 is 0 Å². The van der Waals surface area contributed by atoms with Crippen LogP contribution in [0.25, 0.3) is 5.69 Å². The number of carbonyl (C=O) groups excluding carboxylic acids is 1. The fourth-order valence-corrected chi connectivity index (χ4v) is 3.61. The summed E-state index contributed by atoms with van der Waals surface area (Å²) in [5.74, 6) is 0.0894. The van der Waals surface area contributed by atoms with Crippen LogP contribution in [0.1, 0.15) is 30.7 Å². The third kappa shape index (κ3) is 2.55. The Morgan fingerprint density at radius 3 is 2.61 bits per heavy atom. The lowest BCUT2D eigenvalue weighted by atomic mass is 9.88. The summed E-state index contributed by atoms with van der Waals surface area (Å²) in [4.78, 5) is 16.7. The van der Waals surface area contributed by atoms with E-state index in [2.05, 4.69) is 10.3 Å². The number of nitrogens with one attached hydrogen (secondary N) is 1. The second-order valence-electron chi connectivity index (χ2n) is 6.54. The van der Waals surface area contributed by atoms with Crippen molar-refractivity contribution < 1.29 is 9.53 Å². The number of anilines is 1. The lowest BCUT2D eigenvalue weighted by molar-refractivity contribution is -0.121. The summed E-state index contributed by atoms with van der Waals surface area (Å²) in [5, 5.41) is 3.02. The van der Waals surface area contributed by atoms with Crippen LogP contribution in [0.5, 0.6) is 0 Å². The zero-order valence-electron chi connectivity index (χ0n) is 13.5. The molecule has 2 aromatic rings. The molecule has 3 heterocycles. The van der Waals surface area contributed by atoms with Gasteiger partial charge in [-0.05, 0) is 57.4 Å². The predicted molar refractivity (Wildman–Crippen MR) is 87.7 cm³/mol. The fourth-order valence-electron chi connectivity index (χ4n) is 3.61. The monoisotopic (exact) mass is 311 g/mol. The van der Waals surface area contributed by atoms with Gasteiger partial charge in [-0.3, -0.25) is 4.79 Å². The zero-order chi connectivity index (χ0) is 16.0. The molecule has 4 rings (SSSR count). The number of benzene rings is 1. The summed E-state index contributed by atoms with van der Waals surface area (Å²) in [5.41, 5.74) is 4.03. The van der Waals surface area contributed by atoms with Gasteiger partial charge in [0.05, 0.1) is 30.1 Å². The Kier molecular flexibility index (Phi) is 3.45. The quantitative estimate of drug-likeness (QED) is 0.948. The van der Waals surface area contributed by atoms with Gasteiger partial charge in [-0.2, -0.15) is 0 Å². The molecule has 3 atom stereocenters. The molecule has 0 radical (unpaired) electrons. The Morgan fingerprint density at radius 1 is 1.26 bits per heavy atom. The maximum Gasteiger partial charge on any atom is 0.230 e. The van der Waals surface area contributed by atoms with Crippen molar-refractivity contribution in [1.29, 1.82) is 0 Å². The molecule has 5 heteroatoms. The smallest absolute Gasteiger partial charge is 0.230 e. The second-order valence-corrected chi connectivity index (χ2v) is 6.54. The van der Waals surface area contributed by atoms with Crippen LogP contribution in [0, 0.1) is 19.8 Å². The molecule has 1 aromatic carbocycles. The highest BCUT2D eigenvalue weighted by atomic mass is 16.5.